The average Bonchev–Trinajstić information content (AvgIpc) is 3.19. The molecular weight excluding hydrogens is 543 g/mol. The third-order valence-electron chi connectivity index (χ3n) is 4.53. The van der Waals surface area contributed by atoms with Crippen molar-refractivity contribution in [1.82, 2.24) is 14.7 Å². The molecule has 0 unspecified atom stereocenters. The molecule has 34 heavy (non-hydrogen) atoms. The van der Waals surface area contributed by atoms with Gasteiger partial charge in [0.25, 0.3) is 0 Å². The summed E-state index contributed by atoms with van der Waals surface area (Å²) in [5, 5.41) is 15.7. The molecule has 0 fully saturated rings. The fourth-order valence-corrected chi connectivity index (χ4v) is 3.69. The average molecular weight is 561 g/mol. The fourth-order valence-electron chi connectivity index (χ4n) is 2.85. The first-order valence-electron chi connectivity index (χ1n) is 9.62. The molecular formula is C21H18BrClF3N5O3. The van der Waals surface area contributed by atoms with Crippen LogP contribution < -0.4 is 11.1 Å². The minimum atomic E-state index is -4.52. The van der Waals surface area contributed by atoms with Crippen LogP contribution in [0.1, 0.15) is 28.8 Å². The van der Waals surface area contributed by atoms with Gasteiger partial charge in [0.1, 0.15) is 5.69 Å². The van der Waals surface area contributed by atoms with Crippen LogP contribution in [-0.2, 0) is 22.4 Å². The van der Waals surface area contributed by atoms with E-state index in [1.807, 2.05) is 0 Å². The molecule has 2 heterocycles. The summed E-state index contributed by atoms with van der Waals surface area (Å²) < 4.78 is 40.4. The number of aliphatic carboxylic acids is 1. The van der Waals surface area contributed by atoms with Gasteiger partial charge in [0, 0.05) is 31.0 Å². The van der Waals surface area contributed by atoms with Crippen molar-refractivity contribution in [1.29, 1.82) is 0 Å². The van der Waals surface area contributed by atoms with Gasteiger partial charge in [-0.25, -0.2) is 4.98 Å². The molecule has 180 valence electrons. The SMILES string of the molecule is C=C(O/N=C(\N)c1ccc(CNCCC(=O)O)cc1Cl)c1cn2cc(C(F)(F)F)cc(Br)c2n1. The maximum absolute atomic E-state index is 13.0. The molecule has 0 atom stereocenters. The number of imidazole rings is 1. The summed E-state index contributed by atoms with van der Waals surface area (Å²) in [4.78, 5) is 20.0. The molecule has 0 spiro atoms. The lowest BCUT2D eigenvalue weighted by Gasteiger charge is -2.08. The van der Waals surface area contributed by atoms with Crippen LogP contribution in [0.4, 0.5) is 13.2 Å². The van der Waals surface area contributed by atoms with Crippen LogP contribution >= 0.6 is 27.5 Å². The van der Waals surface area contributed by atoms with Gasteiger partial charge in [0.2, 0.25) is 0 Å². The van der Waals surface area contributed by atoms with Crippen LogP contribution in [-0.4, -0.2) is 32.8 Å². The summed E-state index contributed by atoms with van der Waals surface area (Å²) >= 11 is 9.36. The van der Waals surface area contributed by atoms with E-state index in [2.05, 4.69) is 38.0 Å². The number of carboxylic acids is 1. The van der Waals surface area contributed by atoms with E-state index in [9.17, 15) is 18.0 Å². The Labute approximate surface area is 205 Å². The monoisotopic (exact) mass is 559 g/mol. The Morgan fingerprint density at radius 3 is 2.74 bits per heavy atom. The number of carboxylic acid groups (broad SMARTS) is 1. The highest BCUT2D eigenvalue weighted by Gasteiger charge is 2.32. The third-order valence-corrected chi connectivity index (χ3v) is 5.42. The number of alkyl halides is 3. The molecule has 8 nitrogen and oxygen atoms in total. The predicted molar refractivity (Wildman–Crippen MR) is 124 cm³/mol. The van der Waals surface area contributed by atoms with Gasteiger partial charge in [-0.1, -0.05) is 29.4 Å². The summed E-state index contributed by atoms with van der Waals surface area (Å²) in [5.41, 5.74) is 6.70. The largest absolute Gasteiger partial charge is 0.481 e. The summed E-state index contributed by atoms with van der Waals surface area (Å²) in [5.74, 6) is -0.989. The number of nitrogens with one attached hydrogen (secondary N) is 1. The number of fused-ring (bicyclic) bond motifs is 1. The molecule has 0 radical (unpaired) electrons. The summed E-state index contributed by atoms with van der Waals surface area (Å²) in [6, 6.07) is 5.95. The molecule has 4 N–H and O–H groups in total. The molecule has 3 rings (SSSR count). The van der Waals surface area contributed by atoms with E-state index < -0.39 is 17.7 Å². The Kier molecular flexibility index (Phi) is 7.85. The standard InChI is InChI=1S/C21H18BrClF3N5O3/c1-11(17-10-31-9-13(21(24,25)26)7-15(22)20(31)29-17)34-30-19(27)14-3-2-12(6-16(14)23)8-28-5-4-18(32)33/h2-3,6-7,9-10,28H,1,4-5,8H2,(H2,27,30)(H,32,33). The second kappa shape index (κ2) is 10.5. The summed E-state index contributed by atoms with van der Waals surface area (Å²) in [7, 11) is 0. The van der Waals surface area contributed by atoms with Crippen LogP contribution in [0.15, 0.2) is 52.9 Å². The first-order chi connectivity index (χ1) is 16.0. The lowest BCUT2D eigenvalue weighted by atomic mass is 10.1. The van der Waals surface area contributed by atoms with Gasteiger partial charge in [0.05, 0.1) is 21.5 Å². The first-order valence-corrected chi connectivity index (χ1v) is 10.8. The maximum Gasteiger partial charge on any atom is 0.417 e. The molecule has 0 saturated heterocycles. The van der Waals surface area contributed by atoms with Gasteiger partial charge in [-0.2, -0.15) is 13.2 Å². The number of carbonyl (C=O) groups is 1. The van der Waals surface area contributed by atoms with Crippen molar-refractivity contribution < 1.29 is 27.9 Å². The topological polar surface area (TPSA) is 114 Å². The van der Waals surface area contributed by atoms with E-state index in [-0.39, 0.29) is 33.8 Å². The van der Waals surface area contributed by atoms with Crippen molar-refractivity contribution in [2.45, 2.75) is 19.1 Å². The number of nitrogens with zero attached hydrogens (tertiary/aromatic N) is 3. The van der Waals surface area contributed by atoms with E-state index in [1.54, 1.807) is 18.2 Å². The number of halogens is 5. The highest BCUT2D eigenvalue weighted by molar-refractivity contribution is 9.10. The Morgan fingerprint density at radius 2 is 2.09 bits per heavy atom. The zero-order valence-corrected chi connectivity index (χ0v) is 19.7. The van der Waals surface area contributed by atoms with Gasteiger partial charge in [-0.3, -0.25) is 4.79 Å². The third kappa shape index (κ3) is 6.27. The number of rotatable bonds is 9. The Balaban J connectivity index is 1.70. The number of nitrogens with two attached hydrogens (primary N) is 1. The number of hydrogen-bond acceptors (Lipinski definition) is 5. The molecule has 0 aliphatic heterocycles. The molecule has 0 saturated carbocycles. The van der Waals surface area contributed by atoms with Gasteiger partial charge in [0.15, 0.2) is 17.2 Å². The zero-order chi connectivity index (χ0) is 25.0. The highest BCUT2D eigenvalue weighted by atomic mass is 79.9. The highest BCUT2D eigenvalue weighted by Crippen LogP contribution is 2.33. The number of benzene rings is 1. The Hall–Kier alpha value is -3.09. The number of pyridine rings is 1. The molecule has 0 aliphatic carbocycles. The normalized spacial score (nSPS) is 12.2. The van der Waals surface area contributed by atoms with E-state index in [0.29, 0.717) is 23.7 Å². The quantitative estimate of drug-likeness (QED) is 0.116. The van der Waals surface area contributed by atoms with Crippen LogP contribution in [0.25, 0.3) is 11.4 Å². The van der Waals surface area contributed by atoms with E-state index >= 15 is 0 Å². The van der Waals surface area contributed by atoms with Gasteiger partial charge < -0.3 is 25.4 Å². The van der Waals surface area contributed by atoms with Crippen LogP contribution in [0.2, 0.25) is 5.02 Å². The lowest BCUT2D eigenvalue weighted by molar-refractivity contribution is -0.138. The van der Waals surface area contributed by atoms with Gasteiger partial charge in [-0.15, -0.1) is 0 Å². The van der Waals surface area contributed by atoms with Crippen molar-refractivity contribution in [3.8, 4) is 0 Å². The van der Waals surface area contributed by atoms with Crippen molar-refractivity contribution in [2.24, 2.45) is 10.9 Å². The van der Waals surface area contributed by atoms with Gasteiger partial charge in [-0.05, 0) is 39.7 Å². The lowest BCUT2D eigenvalue weighted by Crippen LogP contribution is -2.18. The number of oxime groups is 1. The van der Waals surface area contributed by atoms with Crippen LogP contribution in [0.5, 0.6) is 0 Å². The van der Waals surface area contributed by atoms with Crippen molar-refractivity contribution in [2.75, 3.05) is 6.54 Å². The van der Waals surface area contributed by atoms with Crippen LogP contribution in [0, 0.1) is 0 Å². The number of hydrogen-bond donors (Lipinski definition) is 3. The van der Waals surface area contributed by atoms with E-state index in [0.717, 1.165) is 17.8 Å². The van der Waals surface area contributed by atoms with Crippen molar-refractivity contribution in [3.05, 3.63) is 75.1 Å². The maximum atomic E-state index is 13.0. The molecule has 0 aliphatic rings. The summed E-state index contributed by atoms with van der Waals surface area (Å²) in [6.07, 6.45) is -2.29. The zero-order valence-electron chi connectivity index (χ0n) is 17.4. The number of amidine groups is 1. The summed E-state index contributed by atoms with van der Waals surface area (Å²) in [6.45, 7) is 4.42. The molecule has 13 heteroatoms. The van der Waals surface area contributed by atoms with Crippen molar-refractivity contribution in [3.63, 3.8) is 0 Å². The minimum absolute atomic E-state index is 0.000596. The van der Waals surface area contributed by atoms with E-state index in [1.165, 1.54) is 10.6 Å². The first kappa shape index (κ1) is 25.5. The van der Waals surface area contributed by atoms with E-state index in [4.69, 9.17) is 27.3 Å². The molecule has 1 aromatic carbocycles. The molecule has 0 amide bonds. The van der Waals surface area contributed by atoms with Crippen LogP contribution in [0.3, 0.4) is 0 Å². The minimum Gasteiger partial charge on any atom is -0.481 e. The molecule has 0 bridgehead atoms. The molecule has 3 aromatic rings. The fraction of sp³-hybridized carbons (Fsp3) is 0.190. The Morgan fingerprint density at radius 1 is 1.35 bits per heavy atom. The molecule has 2 aromatic heterocycles. The Bertz CT molecular complexity index is 1280. The second-order valence-corrected chi connectivity index (χ2v) is 8.32. The second-order valence-electron chi connectivity index (χ2n) is 7.06. The number of aromatic nitrogens is 2. The smallest absolute Gasteiger partial charge is 0.417 e. The van der Waals surface area contributed by atoms with Gasteiger partial charge >= 0.3 is 12.1 Å². The van der Waals surface area contributed by atoms with Crippen molar-refractivity contribution >= 4 is 50.7 Å². The predicted octanol–water partition coefficient (Wildman–Crippen LogP) is 4.64.